The number of benzene rings is 2. The third kappa shape index (κ3) is 8.18. The van der Waals surface area contributed by atoms with Crippen molar-refractivity contribution in [1.29, 1.82) is 0 Å². The molecule has 1 fully saturated rings. The van der Waals surface area contributed by atoms with Crippen LogP contribution in [0.3, 0.4) is 0 Å². The molecule has 2 aromatic carbocycles. The summed E-state index contributed by atoms with van der Waals surface area (Å²) in [5.41, 5.74) is 1.92. The lowest BCUT2D eigenvalue weighted by atomic mass is 10.1. The summed E-state index contributed by atoms with van der Waals surface area (Å²) in [6.07, 6.45) is 1.23. The van der Waals surface area contributed by atoms with Gasteiger partial charge in [-0.3, -0.25) is 4.57 Å². The molecule has 52 heavy (non-hydrogen) atoms. The second kappa shape index (κ2) is 15.5. The molecule has 1 aliphatic rings. The predicted octanol–water partition coefficient (Wildman–Crippen LogP) is 4.87. The minimum atomic E-state index is -5.44. The van der Waals surface area contributed by atoms with Gasteiger partial charge < -0.3 is 28.7 Å². The predicted molar refractivity (Wildman–Crippen MR) is 190 cm³/mol. The Bertz CT molecular complexity index is 2110. The molecule has 6 rings (SSSR count). The summed E-state index contributed by atoms with van der Waals surface area (Å²) in [4.78, 5) is 36.0. The van der Waals surface area contributed by atoms with Crippen molar-refractivity contribution < 1.29 is 42.5 Å². The number of nitrogens with zero attached hydrogens (tertiary/aromatic N) is 9. The Morgan fingerprint density at radius 2 is 1.94 bits per heavy atom. The van der Waals surface area contributed by atoms with Gasteiger partial charge in [0.1, 0.15) is 5.52 Å². The molecule has 17 nitrogen and oxygen atoms in total. The van der Waals surface area contributed by atoms with Gasteiger partial charge in [0.05, 0.1) is 42.0 Å². The van der Waals surface area contributed by atoms with E-state index >= 15 is 0 Å². The van der Waals surface area contributed by atoms with Crippen molar-refractivity contribution in [3.63, 3.8) is 0 Å². The zero-order chi connectivity index (χ0) is 37.3. The molecule has 2 N–H and O–H groups in total. The molecule has 0 radical (unpaired) electrons. The van der Waals surface area contributed by atoms with Crippen LogP contribution in [0.1, 0.15) is 43.9 Å². The highest BCUT2D eigenvalue weighted by Crippen LogP contribution is 2.54. The van der Waals surface area contributed by atoms with Gasteiger partial charge in [-0.2, -0.15) is 5.10 Å². The summed E-state index contributed by atoms with van der Waals surface area (Å²) in [7, 11) is -6.77. The van der Waals surface area contributed by atoms with E-state index in [9.17, 15) is 23.5 Å². The quantitative estimate of drug-likeness (QED) is 0.0627. The monoisotopic (exact) mass is 823 g/mol. The average Bonchev–Trinajstić information content (AvgIpc) is 3.81. The normalized spacial score (nSPS) is 16.8. The molecule has 4 heterocycles. The van der Waals surface area contributed by atoms with Gasteiger partial charge in [0.25, 0.3) is 5.34 Å². The molecule has 2 atom stereocenters. The maximum absolute atomic E-state index is 14.7. The van der Waals surface area contributed by atoms with E-state index in [0.717, 1.165) is 23.7 Å². The van der Waals surface area contributed by atoms with E-state index in [-0.39, 0.29) is 30.4 Å². The Labute approximate surface area is 307 Å². The van der Waals surface area contributed by atoms with Crippen LogP contribution < -0.4 is 0 Å². The smallest absolute Gasteiger partial charge is 0.369 e. The number of esters is 1. The lowest BCUT2D eigenvalue weighted by Crippen LogP contribution is -2.45. The number of fused-ring (bicyclic) bond motifs is 2. The maximum atomic E-state index is 14.7. The third-order valence-electron chi connectivity index (χ3n) is 8.52. The average molecular weight is 825 g/mol. The molecule has 21 heteroatoms. The van der Waals surface area contributed by atoms with E-state index in [1.165, 1.54) is 17.7 Å². The Balaban J connectivity index is 1.34. The standard InChI is InChI=1S/C31H40BrFN9O8PSi/c1-5-48-30(43)31(51(44,45)46,17-27-34-38-40(37-27)19-47-12-13-52(2,3)4)50-18-24-22-10-9-21(16-25(22)42(36-24)28-8-6-7-11-49-28)41-26-15-20(32)14-23(33)29(26)35-39-41/h9-10,14-16,28H,5-8,11-13,17-19H2,1-4H3,(H2,44,45,46). The van der Waals surface area contributed by atoms with Crippen LogP contribution in [-0.4, -0.2) is 94.0 Å². The number of aromatic nitrogens is 9. The summed E-state index contributed by atoms with van der Waals surface area (Å²) < 4.78 is 54.4. The largest absolute Gasteiger partial charge is 0.463 e. The van der Waals surface area contributed by atoms with Crippen molar-refractivity contribution in [2.75, 3.05) is 19.8 Å². The fourth-order valence-electron chi connectivity index (χ4n) is 5.77. The van der Waals surface area contributed by atoms with Gasteiger partial charge in [-0.15, -0.1) is 20.1 Å². The van der Waals surface area contributed by atoms with E-state index in [0.29, 0.717) is 46.2 Å². The molecular formula is C31H40BrFN9O8PSi. The van der Waals surface area contributed by atoms with Crippen LogP contribution in [0.25, 0.3) is 27.6 Å². The molecule has 0 saturated carbocycles. The van der Waals surface area contributed by atoms with Gasteiger partial charge in [-0.1, -0.05) is 40.8 Å². The van der Waals surface area contributed by atoms with Gasteiger partial charge in [-0.05, 0) is 67.8 Å². The summed E-state index contributed by atoms with van der Waals surface area (Å²) in [5, 5.41) is 22.8. The molecule has 0 spiro atoms. The Hall–Kier alpha value is -3.49. The molecule has 2 unspecified atom stereocenters. The van der Waals surface area contributed by atoms with Crippen LogP contribution in [0.2, 0.25) is 25.7 Å². The summed E-state index contributed by atoms with van der Waals surface area (Å²) in [6.45, 7) is 8.45. The number of halogens is 2. The van der Waals surface area contributed by atoms with Crippen LogP contribution in [-0.2, 0) is 48.1 Å². The van der Waals surface area contributed by atoms with Crippen LogP contribution in [0.5, 0.6) is 0 Å². The first-order valence-corrected chi connectivity index (χ1v) is 22.9. The van der Waals surface area contributed by atoms with Crippen LogP contribution >= 0.6 is 23.5 Å². The minimum Gasteiger partial charge on any atom is -0.463 e. The Morgan fingerprint density at radius 1 is 1.13 bits per heavy atom. The van der Waals surface area contributed by atoms with Gasteiger partial charge in [0.2, 0.25) is 0 Å². The molecule has 3 aromatic heterocycles. The minimum absolute atomic E-state index is 0.0358. The molecule has 0 amide bonds. The number of carbonyl (C=O) groups excluding carboxylic acids is 1. The molecule has 0 aliphatic carbocycles. The van der Waals surface area contributed by atoms with Crippen molar-refractivity contribution in [2.24, 2.45) is 0 Å². The summed E-state index contributed by atoms with van der Waals surface area (Å²) in [5.74, 6) is -1.98. The molecule has 5 aromatic rings. The number of hydrogen-bond acceptors (Lipinski definition) is 12. The molecule has 1 saturated heterocycles. The van der Waals surface area contributed by atoms with Crippen molar-refractivity contribution in [2.45, 2.75) is 83.2 Å². The Morgan fingerprint density at radius 3 is 2.65 bits per heavy atom. The molecular weight excluding hydrogens is 784 g/mol. The zero-order valence-corrected chi connectivity index (χ0v) is 32.6. The molecule has 280 valence electrons. The fraction of sp³-hybridized carbons (Fsp3) is 0.516. The number of hydrogen-bond donors (Lipinski definition) is 2. The first kappa shape index (κ1) is 38.2. The first-order chi connectivity index (χ1) is 24.7. The number of ether oxygens (including phenoxy) is 4. The number of rotatable bonds is 15. The van der Waals surface area contributed by atoms with E-state index < -0.39 is 52.1 Å². The van der Waals surface area contributed by atoms with Gasteiger partial charge in [0.15, 0.2) is 24.6 Å². The maximum Gasteiger partial charge on any atom is 0.369 e. The summed E-state index contributed by atoms with van der Waals surface area (Å²) in [6, 6.07) is 9.17. The third-order valence-corrected chi connectivity index (χ3v) is 12.1. The summed E-state index contributed by atoms with van der Waals surface area (Å²) >= 11 is 3.33. The molecule has 0 bridgehead atoms. The van der Waals surface area contributed by atoms with Gasteiger partial charge in [-0.25, -0.2) is 18.5 Å². The highest BCUT2D eigenvalue weighted by Gasteiger charge is 2.58. The van der Waals surface area contributed by atoms with Gasteiger partial charge >= 0.3 is 13.6 Å². The Kier molecular flexibility index (Phi) is 11.4. The van der Waals surface area contributed by atoms with Crippen LogP contribution in [0.15, 0.2) is 34.8 Å². The van der Waals surface area contributed by atoms with E-state index in [1.807, 2.05) is 0 Å². The van der Waals surface area contributed by atoms with Crippen LogP contribution in [0.4, 0.5) is 4.39 Å². The van der Waals surface area contributed by atoms with Crippen molar-refractivity contribution in [1.82, 2.24) is 45.0 Å². The highest BCUT2D eigenvalue weighted by atomic mass is 79.9. The van der Waals surface area contributed by atoms with E-state index in [1.54, 1.807) is 28.9 Å². The highest BCUT2D eigenvalue weighted by molar-refractivity contribution is 9.10. The lowest BCUT2D eigenvalue weighted by Gasteiger charge is -2.30. The first-order valence-electron chi connectivity index (χ1n) is 16.7. The van der Waals surface area contributed by atoms with Gasteiger partial charge in [0, 0.05) is 31.1 Å². The number of tetrazole rings is 1. The van der Waals surface area contributed by atoms with Crippen molar-refractivity contribution in [3.05, 3.63) is 52.1 Å². The van der Waals surface area contributed by atoms with Crippen molar-refractivity contribution >= 4 is 59.5 Å². The van der Waals surface area contributed by atoms with E-state index in [2.05, 4.69) is 61.3 Å². The van der Waals surface area contributed by atoms with Crippen molar-refractivity contribution in [3.8, 4) is 5.69 Å². The second-order valence-electron chi connectivity index (χ2n) is 13.6. The lowest BCUT2D eigenvalue weighted by molar-refractivity contribution is -0.164. The topological polar surface area (TPSA) is 204 Å². The fourth-order valence-corrected chi connectivity index (χ4v) is 7.82. The SMILES string of the molecule is CCOC(=O)C(Cc1nnn(COCC[Si](C)(C)C)n1)(OCc1nn(C2CCCCO2)c2cc(-n3nnc4c(F)cc(Br)cc43)ccc12)P(=O)(O)O. The second-order valence-corrected chi connectivity index (χ2v) is 22.0. The zero-order valence-electron chi connectivity index (χ0n) is 29.1. The molecule has 1 aliphatic heterocycles. The van der Waals surface area contributed by atoms with E-state index in [4.69, 9.17) is 24.0 Å². The number of carbonyl (C=O) groups is 1. The van der Waals surface area contributed by atoms with Crippen LogP contribution in [0, 0.1) is 5.82 Å².